The summed E-state index contributed by atoms with van der Waals surface area (Å²) in [5, 5.41) is 3.77. The molecule has 0 amide bonds. The van der Waals surface area contributed by atoms with E-state index in [1.807, 2.05) is 32.9 Å². The molecule has 0 aliphatic rings. The second-order valence-corrected chi connectivity index (χ2v) is 2.89. The lowest BCUT2D eigenvalue weighted by Crippen LogP contribution is -1.81. The van der Waals surface area contributed by atoms with E-state index in [4.69, 9.17) is 0 Å². The second kappa shape index (κ2) is 5.20. The molecule has 2 rings (SSSR count). The number of aromatic nitrogens is 1. The van der Waals surface area contributed by atoms with Gasteiger partial charge in [0.2, 0.25) is 0 Å². The number of nitrogens with zero attached hydrogens (tertiary/aromatic N) is 2. The molecule has 2 aromatic rings. The minimum atomic E-state index is 0.453. The van der Waals surface area contributed by atoms with Gasteiger partial charge in [0.25, 0.3) is 0 Å². The van der Waals surface area contributed by atoms with Gasteiger partial charge in [0.05, 0.1) is 5.52 Å². The van der Waals surface area contributed by atoms with E-state index >= 15 is 0 Å². The van der Waals surface area contributed by atoms with Gasteiger partial charge < -0.3 is 0 Å². The first-order valence-electron chi connectivity index (χ1n) is 5.00. The van der Waals surface area contributed by atoms with Gasteiger partial charge in [0.1, 0.15) is 5.69 Å². The van der Waals surface area contributed by atoms with Crippen LogP contribution in [0.3, 0.4) is 0 Å². The summed E-state index contributed by atoms with van der Waals surface area (Å²) >= 11 is 0. The summed E-state index contributed by atoms with van der Waals surface area (Å²) in [6.45, 7) is 5.96. The molecule has 1 heterocycles. The molecule has 3 nitrogen and oxygen atoms in total. The van der Waals surface area contributed by atoms with Crippen LogP contribution in [0.5, 0.6) is 0 Å². The third kappa shape index (κ3) is 2.18. The summed E-state index contributed by atoms with van der Waals surface area (Å²) < 4.78 is 0. The van der Waals surface area contributed by atoms with Gasteiger partial charge in [-0.1, -0.05) is 19.9 Å². The number of fused-ring (bicyclic) bond motifs is 1. The highest BCUT2D eigenvalue weighted by Gasteiger charge is 2.03. The maximum Gasteiger partial charge on any atom is 0.117 e. The van der Waals surface area contributed by atoms with Crippen molar-refractivity contribution >= 4 is 16.6 Å². The predicted molar refractivity (Wildman–Crippen MR) is 63.3 cm³/mol. The summed E-state index contributed by atoms with van der Waals surface area (Å²) in [6.07, 6.45) is 1.71. The largest absolute Gasteiger partial charge is 0.256 e. The molecule has 0 spiro atoms. The van der Waals surface area contributed by atoms with Crippen molar-refractivity contribution in [2.24, 2.45) is 5.18 Å². The molecule has 0 aliphatic carbocycles. The van der Waals surface area contributed by atoms with Crippen LogP contribution in [0.25, 0.3) is 10.9 Å². The molecule has 1 aromatic heterocycles. The van der Waals surface area contributed by atoms with Crippen LogP contribution in [0, 0.1) is 11.8 Å². The Labute approximate surface area is 89.1 Å². The molecule has 15 heavy (non-hydrogen) atoms. The average molecular weight is 202 g/mol. The Morgan fingerprint density at radius 3 is 2.60 bits per heavy atom. The van der Waals surface area contributed by atoms with Crippen LogP contribution >= 0.6 is 0 Å². The van der Waals surface area contributed by atoms with Crippen molar-refractivity contribution in [2.45, 2.75) is 20.8 Å². The number of benzene rings is 1. The summed E-state index contributed by atoms with van der Waals surface area (Å²) in [5.41, 5.74) is 2.36. The highest BCUT2D eigenvalue weighted by Crippen LogP contribution is 2.26. The van der Waals surface area contributed by atoms with Crippen LogP contribution in [-0.4, -0.2) is 4.98 Å². The Balaban J connectivity index is 0.000000531. The monoisotopic (exact) mass is 202 g/mol. The fourth-order valence-corrected chi connectivity index (χ4v) is 1.38. The molecule has 1 aromatic carbocycles. The van der Waals surface area contributed by atoms with Crippen molar-refractivity contribution in [3.05, 3.63) is 40.9 Å². The standard InChI is InChI=1S/C10H8N2O.C2H6/c1-7-4-5-9(12-13)8-3-2-6-11-10(7)8;1-2/h2-6H,1H3;1-2H3. The van der Waals surface area contributed by atoms with Crippen LogP contribution in [0.15, 0.2) is 35.6 Å². The van der Waals surface area contributed by atoms with Gasteiger partial charge in [-0.15, -0.1) is 4.91 Å². The molecule has 0 saturated carbocycles. The Bertz CT molecular complexity index is 466. The third-order valence-electron chi connectivity index (χ3n) is 2.05. The van der Waals surface area contributed by atoms with Crippen LogP contribution in [-0.2, 0) is 0 Å². The first kappa shape index (κ1) is 11.3. The molecule has 0 atom stereocenters. The lowest BCUT2D eigenvalue weighted by molar-refractivity contribution is 1.36. The quantitative estimate of drug-likeness (QED) is 0.656. The van der Waals surface area contributed by atoms with Crippen molar-refractivity contribution in [1.82, 2.24) is 4.98 Å². The van der Waals surface area contributed by atoms with Crippen LogP contribution < -0.4 is 0 Å². The SMILES string of the molecule is CC.Cc1ccc(N=O)c2cccnc12. The van der Waals surface area contributed by atoms with E-state index in [1.54, 1.807) is 18.3 Å². The molecule has 0 saturated heterocycles. The minimum Gasteiger partial charge on any atom is -0.256 e. The van der Waals surface area contributed by atoms with Gasteiger partial charge in [-0.25, -0.2) is 0 Å². The van der Waals surface area contributed by atoms with Gasteiger partial charge >= 0.3 is 0 Å². The molecule has 0 N–H and O–H groups in total. The molecule has 0 radical (unpaired) electrons. The summed E-state index contributed by atoms with van der Waals surface area (Å²) in [6, 6.07) is 7.22. The third-order valence-corrected chi connectivity index (χ3v) is 2.05. The highest BCUT2D eigenvalue weighted by molar-refractivity contribution is 5.91. The first-order valence-corrected chi connectivity index (χ1v) is 5.00. The van der Waals surface area contributed by atoms with Gasteiger partial charge in [-0.2, -0.15) is 0 Å². The summed E-state index contributed by atoms with van der Waals surface area (Å²) in [7, 11) is 0. The van der Waals surface area contributed by atoms with Crippen molar-refractivity contribution in [3.63, 3.8) is 0 Å². The molecule has 78 valence electrons. The zero-order valence-corrected chi connectivity index (χ0v) is 9.19. The number of rotatable bonds is 1. The van der Waals surface area contributed by atoms with Crippen molar-refractivity contribution in [3.8, 4) is 0 Å². The molecular weight excluding hydrogens is 188 g/mol. The normalized spacial score (nSPS) is 9.27. The number of aryl methyl sites for hydroxylation is 1. The average Bonchev–Trinajstić information content (AvgIpc) is 2.33. The van der Waals surface area contributed by atoms with Gasteiger partial charge in [-0.3, -0.25) is 4.98 Å². The van der Waals surface area contributed by atoms with E-state index < -0.39 is 0 Å². The fraction of sp³-hybridized carbons (Fsp3) is 0.250. The maximum absolute atomic E-state index is 10.5. The number of hydrogen-bond acceptors (Lipinski definition) is 3. The van der Waals surface area contributed by atoms with Crippen molar-refractivity contribution in [1.29, 1.82) is 0 Å². The van der Waals surface area contributed by atoms with Gasteiger partial charge in [-0.05, 0) is 35.9 Å². The van der Waals surface area contributed by atoms with E-state index in [9.17, 15) is 4.91 Å². The highest BCUT2D eigenvalue weighted by atomic mass is 16.3. The van der Waals surface area contributed by atoms with E-state index in [1.165, 1.54) is 0 Å². The Hall–Kier alpha value is -1.77. The van der Waals surface area contributed by atoms with Gasteiger partial charge in [0, 0.05) is 11.6 Å². The molecule has 0 unspecified atom stereocenters. The molecule has 3 heteroatoms. The van der Waals surface area contributed by atoms with Crippen LogP contribution in [0.4, 0.5) is 5.69 Å². The van der Waals surface area contributed by atoms with E-state index in [0.717, 1.165) is 16.5 Å². The second-order valence-electron chi connectivity index (χ2n) is 2.89. The van der Waals surface area contributed by atoms with Crippen molar-refractivity contribution in [2.75, 3.05) is 0 Å². The summed E-state index contributed by atoms with van der Waals surface area (Å²) in [5.74, 6) is 0. The Kier molecular flexibility index (Phi) is 3.92. The smallest absolute Gasteiger partial charge is 0.117 e. The van der Waals surface area contributed by atoms with E-state index in [0.29, 0.717) is 5.69 Å². The Morgan fingerprint density at radius 1 is 1.20 bits per heavy atom. The fourth-order valence-electron chi connectivity index (χ4n) is 1.38. The lowest BCUT2D eigenvalue weighted by atomic mass is 10.1. The van der Waals surface area contributed by atoms with Crippen LogP contribution in [0.1, 0.15) is 19.4 Å². The molecular formula is C12H14N2O. The van der Waals surface area contributed by atoms with E-state index in [-0.39, 0.29) is 0 Å². The zero-order valence-electron chi connectivity index (χ0n) is 9.19. The Morgan fingerprint density at radius 2 is 1.93 bits per heavy atom. The molecule has 0 aliphatic heterocycles. The first-order chi connectivity index (χ1) is 7.33. The lowest BCUT2D eigenvalue weighted by Gasteiger charge is -2.00. The molecule has 0 bridgehead atoms. The topological polar surface area (TPSA) is 42.3 Å². The maximum atomic E-state index is 10.5. The van der Waals surface area contributed by atoms with Crippen LogP contribution in [0.2, 0.25) is 0 Å². The summed E-state index contributed by atoms with van der Waals surface area (Å²) in [4.78, 5) is 14.6. The van der Waals surface area contributed by atoms with Crippen molar-refractivity contribution < 1.29 is 0 Å². The minimum absolute atomic E-state index is 0.453. The number of pyridine rings is 1. The van der Waals surface area contributed by atoms with Gasteiger partial charge in [0.15, 0.2) is 0 Å². The number of hydrogen-bond donors (Lipinski definition) is 0. The molecule has 0 fully saturated rings. The predicted octanol–water partition coefficient (Wildman–Crippen LogP) is 3.97. The zero-order chi connectivity index (χ0) is 11.3. The van der Waals surface area contributed by atoms with E-state index in [2.05, 4.69) is 10.2 Å². The number of nitroso groups, excluding NO2 is 1.